The van der Waals surface area contributed by atoms with Crippen molar-refractivity contribution in [2.45, 2.75) is 77.7 Å². The van der Waals surface area contributed by atoms with Gasteiger partial charge in [-0.3, -0.25) is 0 Å². The van der Waals surface area contributed by atoms with Crippen LogP contribution in [0.1, 0.15) is 58.4 Å². The topological polar surface area (TPSA) is 71.0 Å². The summed E-state index contributed by atoms with van der Waals surface area (Å²) in [5.41, 5.74) is 0.379. The van der Waals surface area contributed by atoms with Crippen molar-refractivity contribution in [1.29, 1.82) is 0 Å². The highest BCUT2D eigenvalue weighted by atomic mass is 79.9. The summed E-state index contributed by atoms with van der Waals surface area (Å²) in [6.07, 6.45) is -2.80. The largest absolute Gasteiger partial charge is 0.460 e. The number of ether oxygens (including phenoxy) is 2. The summed E-state index contributed by atoms with van der Waals surface area (Å²) < 4.78 is 65.3. The molecule has 0 bridgehead atoms. The molecule has 0 aliphatic carbocycles. The zero-order valence-corrected chi connectivity index (χ0v) is 26.1. The van der Waals surface area contributed by atoms with Crippen LogP contribution in [0.4, 0.5) is 28.2 Å². The van der Waals surface area contributed by atoms with Gasteiger partial charge in [0.15, 0.2) is 5.82 Å². The molecule has 3 aliphatic rings. The second-order valence-electron chi connectivity index (χ2n) is 12.9. The molecule has 0 radical (unpaired) electrons. The Labute approximate surface area is 251 Å². The Balaban J connectivity index is 1.29. The van der Waals surface area contributed by atoms with Gasteiger partial charge in [0.05, 0.1) is 10.9 Å². The molecule has 0 unspecified atom stereocenters. The Hall–Kier alpha value is -2.41. The summed E-state index contributed by atoms with van der Waals surface area (Å²) in [4.78, 5) is 27.3. The number of carbonyl (C=O) groups excluding carboxylic acids is 1. The number of anilines is 1. The predicted molar refractivity (Wildman–Crippen MR) is 154 cm³/mol. The van der Waals surface area contributed by atoms with Gasteiger partial charge in [0.25, 0.3) is 0 Å². The lowest BCUT2D eigenvalue weighted by molar-refractivity contribution is -0.138. The number of piperidine rings is 2. The van der Waals surface area contributed by atoms with Crippen LogP contribution in [0.3, 0.4) is 0 Å². The molecule has 1 amide bonds. The van der Waals surface area contributed by atoms with Gasteiger partial charge in [0.2, 0.25) is 0 Å². The molecule has 1 aromatic heterocycles. The Bertz CT molecular complexity index is 1310. The molecular formula is C29H38BrF4N5O3. The number of aromatic nitrogens is 2. The van der Waals surface area contributed by atoms with Gasteiger partial charge in [-0.1, -0.05) is 0 Å². The van der Waals surface area contributed by atoms with Gasteiger partial charge in [0.1, 0.15) is 23.0 Å². The van der Waals surface area contributed by atoms with Crippen LogP contribution in [0.15, 0.2) is 10.5 Å². The molecule has 13 heteroatoms. The Morgan fingerprint density at radius 2 is 1.74 bits per heavy atom. The molecule has 8 nitrogen and oxygen atoms in total. The van der Waals surface area contributed by atoms with E-state index in [9.17, 15) is 18.0 Å². The maximum Gasteiger partial charge on any atom is 0.410 e. The van der Waals surface area contributed by atoms with Crippen molar-refractivity contribution in [3.05, 3.63) is 21.9 Å². The number of rotatable bonds is 5. The number of carbonyl (C=O) groups is 1. The Kier molecular flexibility index (Phi) is 8.56. The minimum atomic E-state index is -4.18. The first kappa shape index (κ1) is 31.0. The summed E-state index contributed by atoms with van der Waals surface area (Å²) in [5, 5.41) is 0.600. The van der Waals surface area contributed by atoms with Gasteiger partial charge in [-0.2, -0.15) is 23.1 Å². The summed E-state index contributed by atoms with van der Waals surface area (Å²) in [6, 6.07) is 1.94. The van der Waals surface area contributed by atoms with Crippen molar-refractivity contribution in [1.82, 2.24) is 19.8 Å². The highest BCUT2D eigenvalue weighted by Gasteiger charge is 2.48. The lowest BCUT2D eigenvalue weighted by Gasteiger charge is -2.53. The molecule has 3 saturated heterocycles. The lowest BCUT2D eigenvalue weighted by Crippen LogP contribution is -2.62. The van der Waals surface area contributed by atoms with E-state index in [4.69, 9.17) is 14.5 Å². The maximum absolute atomic E-state index is 15.5. The van der Waals surface area contributed by atoms with Crippen LogP contribution in [-0.4, -0.2) is 89.6 Å². The molecule has 5 rings (SSSR count). The molecule has 3 fully saturated rings. The van der Waals surface area contributed by atoms with Gasteiger partial charge in [0, 0.05) is 56.6 Å². The van der Waals surface area contributed by atoms with E-state index in [0.29, 0.717) is 67.8 Å². The van der Waals surface area contributed by atoms with Crippen molar-refractivity contribution in [3.63, 3.8) is 0 Å². The van der Waals surface area contributed by atoms with Crippen LogP contribution >= 0.6 is 15.9 Å². The van der Waals surface area contributed by atoms with Crippen LogP contribution in [0, 0.1) is 18.2 Å². The zero-order chi connectivity index (χ0) is 30.4. The van der Waals surface area contributed by atoms with Crippen LogP contribution in [-0.2, 0) is 4.74 Å². The number of hydrogen-bond acceptors (Lipinski definition) is 7. The van der Waals surface area contributed by atoms with E-state index in [2.05, 4.69) is 25.8 Å². The van der Waals surface area contributed by atoms with E-state index in [0.717, 1.165) is 18.4 Å². The number of halogens is 5. The molecule has 2 aromatic rings. The second-order valence-corrected chi connectivity index (χ2v) is 13.7. The van der Waals surface area contributed by atoms with Crippen molar-refractivity contribution < 1.29 is 31.8 Å². The third-order valence-electron chi connectivity index (χ3n) is 8.36. The molecule has 4 heterocycles. The molecule has 1 spiro atoms. The molecule has 0 N–H and O–H groups in total. The fraction of sp³-hybridized carbons (Fsp3) is 0.690. The van der Waals surface area contributed by atoms with Crippen molar-refractivity contribution >= 4 is 38.7 Å². The average Bonchev–Trinajstić information content (AvgIpc) is 2.89. The number of alkyl halides is 3. The molecule has 3 aliphatic heterocycles. The third-order valence-corrected chi connectivity index (χ3v) is 9.33. The minimum Gasteiger partial charge on any atom is -0.460 e. The highest BCUT2D eigenvalue weighted by Crippen LogP contribution is 2.43. The summed E-state index contributed by atoms with van der Waals surface area (Å²) in [5.74, 6) is 0.117. The molecule has 42 heavy (non-hydrogen) atoms. The predicted octanol–water partition coefficient (Wildman–Crippen LogP) is 6.47. The Morgan fingerprint density at radius 1 is 1.10 bits per heavy atom. The summed E-state index contributed by atoms with van der Waals surface area (Å²) in [6.45, 7) is 11.0. The molecular weight excluding hydrogens is 622 g/mol. The van der Waals surface area contributed by atoms with E-state index < -0.39 is 24.0 Å². The quantitative estimate of drug-likeness (QED) is 0.341. The van der Waals surface area contributed by atoms with Crippen LogP contribution in [0.25, 0.3) is 10.9 Å². The smallest absolute Gasteiger partial charge is 0.410 e. The third kappa shape index (κ3) is 7.03. The summed E-state index contributed by atoms with van der Waals surface area (Å²) in [7, 11) is 0. The molecule has 232 valence electrons. The average molecular weight is 661 g/mol. The highest BCUT2D eigenvalue weighted by molar-refractivity contribution is 9.10. The lowest BCUT2D eigenvalue weighted by atomic mass is 9.72. The number of benzene rings is 1. The van der Waals surface area contributed by atoms with E-state index in [1.807, 2.05) is 33.8 Å². The number of amides is 1. The van der Waals surface area contributed by atoms with Gasteiger partial charge in [-0.15, -0.1) is 0 Å². The maximum atomic E-state index is 15.5. The van der Waals surface area contributed by atoms with Crippen LogP contribution in [0.2, 0.25) is 0 Å². The molecule has 0 atom stereocenters. The van der Waals surface area contributed by atoms with Gasteiger partial charge >= 0.3 is 18.3 Å². The zero-order valence-electron chi connectivity index (χ0n) is 24.5. The standard InChI is InChI=1S/C29H38BrF4N5O3/c1-18-15-20-23(22(31)21(18)30)35-25(41-19-5-10-37(11-6-19)12-9-29(32,33)34)36-24(20)38-13-7-28(8-14-38)16-39(17-28)26(40)42-27(2,3)4/h15,19H,5-14,16-17H2,1-4H3. The van der Waals surface area contributed by atoms with Gasteiger partial charge in [-0.25, -0.2) is 9.18 Å². The fourth-order valence-corrected chi connectivity index (χ4v) is 6.30. The second kappa shape index (κ2) is 11.6. The number of fused-ring (bicyclic) bond motifs is 1. The molecule has 1 aromatic carbocycles. The van der Waals surface area contributed by atoms with Gasteiger partial charge < -0.3 is 24.2 Å². The van der Waals surface area contributed by atoms with E-state index >= 15 is 4.39 Å². The number of aryl methyl sites for hydroxylation is 1. The number of nitrogens with zero attached hydrogens (tertiary/aromatic N) is 5. The Morgan fingerprint density at radius 3 is 2.33 bits per heavy atom. The van der Waals surface area contributed by atoms with E-state index in [1.54, 1.807) is 9.80 Å². The van der Waals surface area contributed by atoms with E-state index in [-0.39, 0.29) is 35.7 Å². The summed E-state index contributed by atoms with van der Waals surface area (Å²) >= 11 is 3.33. The fourth-order valence-electron chi connectivity index (χ4n) is 6.00. The van der Waals surface area contributed by atoms with Crippen LogP contribution in [0.5, 0.6) is 6.01 Å². The first-order valence-electron chi connectivity index (χ1n) is 14.5. The van der Waals surface area contributed by atoms with Gasteiger partial charge in [-0.05, 0) is 80.9 Å². The van der Waals surface area contributed by atoms with Crippen molar-refractivity contribution in [2.75, 3.05) is 50.7 Å². The normalized spacial score (nSPS) is 20.2. The first-order valence-corrected chi connectivity index (χ1v) is 15.3. The SMILES string of the molecule is Cc1cc2c(N3CCC4(CC3)CN(C(=O)OC(C)(C)C)C4)nc(OC3CCN(CCC(F)(F)F)CC3)nc2c(F)c1Br. The monoisotopic (exact) mass is 659 g/mol. The minimum absolute atomic E-state index is 0.0276. The number of likely N-dealkylation sites (tertiary alicyclic amines) is 2. The number of hydrogen-bond donors (Lipinski definition) is 0. The first-order chi connectivity index (χ1) is 19.6. The molecule has 0 saturated carbocycles. The van der Waals surface area contributed by atoms with E-state index in [1.165, 1.54) is 0 Å². The van der Waals surface area contributed by atoms with Crippen molar-refractivity contribution in [3.8, 4) is 6.01 Å². The van der Waals surface area contributed by atoms with Crippen molar-refractivity contribution in [2.24, 2.45) is 5.41 Å². The van der Waals surface area contributed by atoms with Crippen LogP contribution < -0.4 is 9.64 Å².